The smallest absolute Gasteiger partial charge is 0.133 e. The van der Waals surface area contributed by atoms with E-state index in [0.717, 1.165) is 63.2 Å². The van der Waals surface area contributed by atoms with Crippen LogP contribution >= 0.6 is 0 Å². The molecule has 0 saturated heterocycles. The maximum atomic E-state index is 10.8. The number of ether oxygens (including phenoxy) is 1. The number of carbonyl (C=O) groups is 2. The van der Waals surface area contributed by atoms with Gasteiger partial charge >= 0.3 is 0 Å². The lowest BCUT2D eigenvalue weighted by Gasteiger charge is -2.23. The van der Waals surface area contributed by atoms with E-state index >= 15 is 0 Å². The summed E-state index contributed by atoms with van der Waals surface area (Å²) in [6.45, 7) is 8.58. The number of hydrogen-bond donors (Lipinski definition) is 0. The minimum Gasteiger partial charge on any atom is -0.376 e. The van der Waals surface area contributed by atoms with Gasteiger partial charge in [0.1, 0.15) is 11.6 Å². The molecule has 2 fully saturated rings. The molecular weight excluding hydrogens is 264 g/mol. The molecule has 0 heterocycles. The Labute approximate surface area is 129 Å². The van der Waals surface area contributed by atoms with Crippen molar-refractivity contribution >= 4 is 11.6 Å². The predicted molar refractivity (Wildman–Crippen MR) is 85.3 cm³/mol. The third-order valence-corrected chi connectivity index (χ3v) is 4.49. The number of Topliss-reactive ketones (excluding diaryl/α,β-unsaturated/α-hetero) is 2. The van der Waals surface area contributed by atoms with Gasteiger partial charge in [0, 0.05) is 25.7 Å². The van der Waals surface area contributed by atoms with E-state index in [-0.39, 0.29) is 0 Å². The molecule has 122 valence electrons. The molecule has 0 unspecified atom stereocenters. The molecule has 0 bridgehead atoms. The van der Waals surface area contributed by atoms with Crippen molar-refractivity contribution in [3.05, 3.63) is 0 Å². The maximum Gasteiger partial charge on any atom is 0.133 e. The molecule has 0 spiro atoms. The van der Waals surface area contributed by atoms with Crippen LogP contribution in [0.25, 0.3) is 0 Å². The molecule has 21 heavy (non-hydrogen) atoms. The van der Waals surface area contributed by atoms with E-state index in [9.17, 15) is 9.59 Å². The zero-order valence-corrected chi connectivity index (χ0v) is 14.2. The number of carbonyl (C=O) groups excluding carboxylic acids is 2. The first-order chi connectivity index (χ1) is 9.88. The Morgan fingerprint density at radius 2 is 1.24 bits per heavy atom. The standard InChI is InChI=1S/C9H16O2.C9H16O/c1-7(2)11-9-5-3-8(10)4-6-9;1-7(2)8-3-5-9(10)6-4-8/h7,9H,3-6H2,1-2H3;7-8H,3-6H2,1-2H3. The summed E-state index contributed by atoms with van der Waals surface area (Å²) in [5, 5.41) is 0. The van der Waals surface area contributed by atoms with Gasteiger partial charge in [-0.05, 0) is 51.4 Å². The van der Waals surface area contributed by atoms with Crippen molar-refractivity contribution in [2.75, 3.05) is 0 Å². The van der Waals surface area contributed by atoms with Crippen molar-refractivity contribution in [1.82, 2.24) is 0 Å². The van der Waals surface area contributed by atoms with Gasteiger partial charge in [-0.1, -0.05) is 13.8 Å². The van der Waals surface area contributed by atoms with E-state index in [1.165, 1.54) is 0 Å². The van der Waals surface area contributed by atoms with Gasteiger partial charge in [-0.25, -0.2) is 0 Å². The molecular formula is C18H32O3. The highest BCUT2D eigenvalue weighted by atomic mass is 16.5. The van der Waals surface area contributed by atoms with Gasteiger partial charge in [0.2, 0.25) is 0 Å². The van der Waals surface area contributed by atoms with Crippen molar-refractivity contribution < 1.29 is 14.3 Å². The normalized spacial score (nSPS) is 21.6. The van der Waals surface area contributed by atoms with Crippen molar-refractivity contribution in [2.45, 2.75) is 91.3 Å². The topological polar surface area (TPSA) is 43.4 Å². The SMILES string of the molecule is CC(C)C1CCC(=O)CC1.CC(C)OC1CCC(=O)CC1. The average Bonchev–Trinajstić information content (AvgIpc) is 2.42. The summed E-state index contributed by atoms with van der Waals surface area (Å²) in [4.78, 5) is 21.7. The molecule has 3 heteroatoms. The van der Waals surface area contributed by atoms with Crippen LogP contribution in [0, 0.1) is 11.8 Å². The zero-order valence-electron chi connectivity index (χ0n) is 14.2. The first kappa shape index (κ1) is 18.3. The molecule has 2 rings (SSSR count). The fourth-order valence-electron chi connectivity index (χ4n) is 3.06. The van der Waals surface area contributed by atoms with Crippen molar-refractivity contribution in [1.29, 1.82) is 0 Å². The average molecular weight is 296 g/mol. The fourth-order valence-corrected chi connectivity index (χ4v) is 3.06. The van der Waals surface area contributed by atoms with Gasteiger partial charge in [-0.15, -0.1) is 0 Å². The Morgan fingerprint density at radius 3 is 1.62 bits per heavy atom. The van der Waals surface area contributed by atoms with Crippen LogP contribution in [0.3, 0.4) is 0 Å². The molecule has 0 aromatic heterocycles. The summed E-state index contributed by atoms with van der Waals surface area (Å²) >= 11 is 0. The second kappa shape index (κ2) is 9.34. The lowest BCUT2D eigenvalue weighted by Crippen LogP contribution is -2.24. The molecule has 0 amide bonds. The second-order valence-corrected chi connectivity index (χ2v) is 7.04. The van der Waals surface area contributed by atoms with Gasteiger partial charge in [0.25, 0.3) is 0 Å². The first-order valence-corrected chi connectivity index (χ1v) is 8.57. The van der Waals surface area contributed by atoms with Crippen LogP contribution in [0.4, 0.5) is 0 Å². The van der Waals surface area contributed by atoms with Crippen LogP contribution in [0.1, 0.15) is 79.1 Å². The van der Waals surface area contributed by atoms with Gasteiger partial charge in [-0.2, -0.15) is 0 Å². The minimum absolute atomic E-state index is 0.299. The van der Waals surface area contributed by atoms with Gasteiger partial charge in [0.15, 0.2) is 0 Å². The Balaban J connectivity index is 0.000000211. The molecule has 0 aliphatic heterocycles. The molecule has 0 aromatic rings. The third-order valence-electron chi connectivity index (χ3n) is 4.49. The lowest BCUT2D eigenvalue weighted by atomic mass is 9.81. The van der Waals surface area contributed by atoms with Crippen LogP contribution in [0.2, 0.25) is 0 Å². The van der Waals surface area contributed by atoms with E-state index in [1.807, 2.05) is 13.8 Å². The number of hydrogen-bond acceptors (Lipinski definition) is 3. The van der Waals surface area contributed by atoms with Crippen LogP contribution < -0.4 is 0 Å². The molecule has 0 aromatic carbocycles. The van der Waals surface area contributed by atoms with Crippen LogP contribution in [-0.2, 0) is 14.3 Å². The summed E-state index contributed by atoms with van der Waals surface area (Å²) < 4.78 is 5.59. The highest BCUT2D eigenvalue weighted by Crippen LogP contribution is 2.27. The highest BCUT2D eigenvalue weighted by molar-refractivity contribution is 5.79. The number of ketones is 2. The van der Waals surface area contributed by atoms with Crippen LogP contribution in [-0.4, -0.2) is 23.8 Å². The van der Waals surface area contributed by atoms with E-state index < -0.39 is 0 Å². The monoisotopic (exact) mass is 296 g/mol. The lowest BCUT2D eigenvalue weighted by molar-refractivity contribution is -0.124. The van der Waals surface area contributed by atoms with E-state index in [1.54, 1.807) is 0 Å². The molecule has 2 saturated carbocycles. The minimum atomic E-state index is 0.299. The highest BCUT2D eigenvalue weighted by Gasteiger charge is 2.20. The largest absolute Gasteiger partial charge is 0.376 e. The number of rotatable bonds is 3. The van der Waals surface area contributed by atoms with Gasteiger partial charge in [0.05, 0.1) is 12.2 Å². The molecule has 3 nitrogen and oxygen atoms in total. The Hall–Kier alpha value is -0.700. The fraction of sp³-hybridized carbons (Fsp3) is 0.889. The Bertz CT molecular complexity index is 313. The molecule has 0 atom stereocenters. The summed E-state index contributed by atoms with van der Waals surface area (Å²) in [7, 11) is 0. The zero-order chi connectivity index (χ0) is 15.8. The predicted octanol–water partition coefficient (Wildman–Crippen LogP) is 4.32. The second-order valence-electron chi connectivity index (χ2n) is 7.04. The Kier molecular flexibility index (Phi) is 8.16. The van der Waals surface area contributed by atoms with Crippen LogP contribution in [0.15, 0.2) is 0 Å². The molecule has 2 aliphatic rings. The summed E-state index contributed by atoms with van der Waals surface area (Å²) in [5.74, 6) is 2.45. The van der Waals surface area contributed by atoms with Crippen molar-refractivity contribution in [3.8, 4) is 0 Å². The summed E-state index contributed by atoms with van der Waals surface area (Å²) in [6, 6.07) is 0. The van der Waals surface area contributed by atoms with Crippen molar-refractivity contribution in [3.63, 3.8) is 0 Å². The summed E-state index contributed by atoms with van der Waals surface area (Å²) in [6.07, 6.45) is 7.88. The first-order valence-electron chi connectivity index (χ1n) is 8.57. The summed E-state index contributed by atoms with van der Waals surface area (Å²) in [5.41, 5.74) is 0. The van der Waals surface area contributed by atoms with Crippen LogP contribution in [0.5, 0.6) is 0 Å². The third kappa shape index (κ3) is 7.75. The molecule has 0 N–H and O–H groups in total. The maximum absolute atomic E-state index is 10.8. The van der Waals surface area contributed by atoms with E-state index in [2.05, 4.69) is 13.8 Å². The van der Waals surface area contributed by atoms with Gasteiger partial charge in [-0.3, -0.25) is 9.59 Å². The molecule has 0 radical (unpaired) electrons. The van der Waals surface area contributed by atoms with Gasteiger partial charge < -0.3 is 4.74 Å². The van der Waals surface area contributed by atoms with E-state index in [4.69, 9.17) is 4.74 Å². The van der Waals surface area contributed by atoms with Crippen molar-refractivity contribution in [2.24, 2.45) is 11.8 Å². The Morgan fingerprint density at radius 1 is 0.810 bits per heavy atom. The molecule has 2 aliphatic carbocycles. The van der Waals surface area contributed by atoms with E-state index in [0.29, 0.717) is 23.8 Å². The quantitative estimate of drug-likeness (QED) is 0.778.